The molecule has 2 aromatic rings. The zero-order valence-corrected chi connectivity index (χ0v) is 12.1. The summed E-state index contributed by atoms with van der Waals surface area (Å²) in [5.41, 5.74) is 8.42. The van der Waals surface area contributed by atoms with Crippen LogP contribution in [0, 0.1) is 20.8 Å². The minimum atomic E-state index is 0.366. The van der Waals surface area contributed by atoms with Crippen LogP contribution in [0.4, 0.5) is 0 Å². The molecule has 0 bridgehead atoms. The molecule has 0 aliphatic rings. The minimum Gasteiger partial charge on any atom is -0.330 e. The van der Waals surface area contributed by atoms with Gasteiger partial charge in [0.25, 0.3) is 0 Å². The van der Waals surface area contributed by atoms with Crippen LogP contribution < -0.4 is 5.73 Å². The Morgan fingerprint density at radius 2 is 2.12 bits per heavy atom. The largest absolute Gasteiger partial charge is 0.330 e. The first kappa shape index (κ1) is 12.7. The molecule has 0 amide bonds. The summed E-state index contributed by atoms with van der Waals surface area (Å²) >= 11 is 3.61. The first-order chi connectivity index (χ1) is 8.11. The smallest absolute Gasteiger partial charge is 0.0978 e. The average Bonchev–Trinajstić information content (AvgIpc) is 2.83. The second-order valence-corrected chi connectivity index (χ2v) is 6.59. The molecular weight excluding hydrogens is 248 g/mol. The van der Waals surface area contributed by atoms with Crippen LogP contribution in [0.15, 0.2) is 11.4 Å². The number of aromatic nitrogens is 1. The molecule has 0 saturated heterocycles. The van der Waals surface area contributed by atoms with E-state index >= 15 is 0 Å². The minimum absolute atomic E-state index is 0.366. The summed E-state index contributed by atoms with van der Waals surface area (Å²) < 4.78 is 0. The van der Waals surface area contributed by atoms with Gasteiger partial charge >= 0.3 is 0 Å². The Hall–Kier alpha value is -0.710. The molecule has 1 atom stereocenters. The number of hydrogen-bond donors (Lipinski definition) is 1. The quantitative estimate of drug-likeness (QED) is 0.921. The molecule has 0 spiro atoms. The topological polar surface area (TPSA) is 38.9 Å². The Kier molecular flexibility index (Phi) is 3.97. The van der Waals surface area contributed by atoms with Crippen LogP contribution in [0.1, 0.15) is 31.9 Å². The van der Waals surface area contributed by atoms with E-state index in [1.807, 2.05) is 11.3 Å². The third-order valence-corrected chi connectivity index (χ3v) is 5.36. The van der Waals surface area contributed by atoms with Crippen LogP contribution in [0.5, 0.6) is 0 Å². The van der Waals surface area contributed by atoms with Gasteiger partial charge in [-0.1, -0.05) is 0 Å². The van der Waals surface area contributed by atoms with Crippen LogP contribution in [0.25, 0.3) is 0 Å². The molecule has 0 radical (unpaired) electrons. The maximum atomic E-state index is 5.90. The fourth-order valence-corrected chi connectivity index (χ4v) is 3.80. The normalized spacial score (nSPS) is 12.9. The van der Waals surface area contributed by atoms with Gasteiger partial charge in [-0.25, -0.2) is 4.98 Å². The van der Waals surface area contributed by atoms with Gasteiger partial charge in [0.05, 0.1) is 10.7 Å². The van der Waals surface area contributed by atoms with E-state index in [9.17, 15) is 0 Å². The van der Waals surface area contributed by atoms with Crippen LogP contribution in [-0.4, -0.2) is 11.5 Å². The Morgan fingerprint density at radius 3 is 2.59 bits per heavy atom. The molecule has 0 aliphatic heterocycles. The molecule has 4 heteroatoms. The predicted octanol–water partition coefficient (Wildman–Crippen LogP) is 3.41. The van der Waals surface area contributed by atoms with Crippen molar-refractivity contribution < 1.29 is 0 Å². The Labute approximate surface area is 111 Å². The van der Waals surface area contributed by atoms with E-state index in [4.69, 9.17) is 5.73 Å². The number of thiazole rings is 1. The third-order valence-electron chi connectivity index (χ3n) is 3.08. The summed E-state index contributed by atoms with van der Waals surface area (Å²) in [7, 11) is 0. The highest BCUT2D eigenvalue weighted by Crippen LogP contribution is 2.29. The van der Waals surface area contributed by atoms with Crippen LogP contribution >= 0.6 is 22.7 Å². The van der Waals surface area contributed by atoms with Crippen LogP contribution in [-0.2, 0) is 6.42 Å². The van der Waals surface area contributed by atoms with E-state index in [1.165, 1.54) is 20.3 Å². The van der Waals surface area contributed by atoms with Crippen molar-refractivity contribution in [2.75, 3.05) is 6.54 Å². The summed E-state index contributed by atoms with van der Waals surface area (Å²) in [5.74, 6) is 0.366. The second kappa shape index (κ2) is 5.29. The SMILES string of the molecule is Cc1ccsc1CC(CN)c1nc(C)c(C)s1. The Balaban J connectivity index is 2.20. The van der Waals surface area contributed by atoms with Crippen molar-refractivity contribution in [3.63, 3.8) is 0 Å². The van der Waals surface area contributed by atoms with Gasteiger partial charge in [0.15, 0.2) is 0 Å². The average molecular weight is 266 g/mol. The predicted molar refractivity (Wildman–Crippen MR) is 76.1 cm³/mol. The van der Waals surface area contributed by atoms with Gasteiger partial charge in [0.1, 0.15) is 0 Å². The fourth-order valence-electron chi connectivity index (χ4n) is 1.78. The molecule has 0 aliphatic carbocycles. The molecule has 2 aromatic heterocycles. The molecule has 2 heterocycles. The van der Waals surface area contributed by atoms with E-state index in [2.05, 4.69) is 37.2 Å². The van der Waals surface area contributed by atoms with Gasteiger partial charge in [-0.3, -0.25) is 0 Å². The summed E-state index contributed by atoms with van der Waals surface area (Å²) in [6, 6.07) is 2.17. The molecule has 2 nitrogen and oxygen atoms in total. The third kappa shape index (κ3) is 2.76. The molecular formula is C13H18N2S2. The lowest BCUT2D eigenvalue weighted by atomic mass is 10.0. The van der Waals surface area contributed by atoms with Crippen molar-refractivity contribution in [3.05, 3.63) is 37.5 Å². The van der Waals surface area contributed by atoms with Crippen LogP contribution in [0.3, 0.4) is 0 Å². The van der Waals surface area contributed by atoms with Gasteiger partial charge in [-0.05, 0) is 44.2 Å². The van der Waals surface area contributed by atoms with E-state index in [1.54, 1.807) is 11.3 Å². The highest BCUT2D eigenvalue weighted by Gasteiger charge is 2.17. The Bertz CT molecular complexity index is 480. The van der Waals surface area contributed by atoms with Gasteiger partial charge in [0.2, 0.25) is 0 Å². The standard InChI is InChI=1S/C13H18N2S2/c1-8-4-5-16-12(8)6-11(7-14)13-15-9(2)10(3)17-13/h4-5,11H,6-7,14H2,1-3H3. The van der Waals surface area contributed by atoms with Crippen molar-refractivity contribution >= 4 is 22.7 Å². The summed E-state index contributed by atoms with van der Waals surface area (Å²) in [5, 5.41) is 3.34. The molecule has 17 heavy (non-hydrogen) atoms. The highest BCUT2D eigenvalue weighted by atomic mass is 32.1. The van der Waals surface area contributed by atoms with Crippen molar-refractivity contribution in [2.45, 2.75) is 33.1 Å². The maximum Gasteiger partial charge on any atom is 0.0978 e. The lowest BCUT2D eigenvalue weighted by Gasteiger charge is -2.11. The van der Waals surface area contributed by atoms with E-state index in [0.29, 0.717) is 12.5 Å². The highest BCUT2D eigenvalue weighted by molar-refractivity contribution is 7.11. The van der Waals surface area contributed by atoms with E-state index in [-0.39, 0.29) is 0 Å². The molecule has 1 unspecified atom stereocenters. The number of hydrogen-bond acceptors (Lipinski definition) is 4. The van der Waals surface area contributed by atoms with E-state index < -0.39 is 0 Å². The molecule has 0 fully saturated rings. The zero-order chi connectivity index (χ0) is 12.4. The molecule has 2 N–H and O–H groups in total. The van der Waals surface area contributed by atoms with Gasteiger partial charge in [0, 0.05) is 22.2 Å². The first-order valence-corrected chi connectivity index (χ1v) is 7.48. The molecule has 92 valence electrons. The van der Waals surface area contributed by atoms with Gasteiger partial charge in [-0.15, -0.1) is 22.7 Å². The van der Waals surface area contributed by atoms with Gasteiger partial charge < -0.3 is 5.73 Å². The monoisotopic (exact) mass is 266 g/mol. The fraction of sp³-hybridized carbons (Fsp3) is 0.462. The number of thiophene rings is 1. The van der Waals surface area contributed by atoms with Crippen molar-refractivity contribution in [1.82, 2.24) is 4.98 Å². The Morgan fingerprint density at radius 1 is 1.35 bits per heavy atom. The summed E-state index contributed by atoms with van der Waals surface area (Å²) in [4.78, 5) is 7.38. The first-order valence-electron chi connectivity index (χ1n) is 5.78. The number of nitrogens with two attached hydrogens (primary N) is 1. The molecule has 2 rings (SSSR count). The van der Waals surface area contributed by atoms with Crippen molar-refractivity contribution in [2.24, 2.45) is 5.73 Å². The lowest BCUT2D eigenvalue weighted by Crippen LogP contribution is -2.14. The van der Waals surface area contributed by atoms with E-state index in [0.717, 1.165) is 12.1 Å². The number of nitrogens with zero attached hydrogens (tertiary/aromatic N) is 1. The van der Waals surface area contributed by atoms with Gasteiger partial charge in [-0.2, -0.15) is 0 Å². The zero-order valence-electron chi connectivity index (χ0n) is 10.5. The second-order valence-electron chi connectivity index (χ2n) is 4.36. The van der Waals surface area contributed by atoms with Crippen molar-refractivity contribution in [1.29, 1.82) is 0 Å². The molecule has 0 saturated carbocycles. The van der Waals surface area contributed by atoms with Crippen LogP contribution in [0.2, 0.25) is 0 Å². The maximum absolute atomic E-state index is 5.90. The molecule has 0 aromatic carbocycles. The number of rotatable bonds is 4. The number of aryl methyl sites for hydroxylation is 3. The summed E-state index contributed by atoms with van der Waals surface area (Å²) in [6.45, 7) is 7.03. The van der Waals surface area contributed by atoms with Crippen molar-refractivity contribution in [3.8, 4) is 0 Å². The summed E-state index contributed by atoms with van der Waals surface area (Å²) in [6.07, 6.45) is 1.02. The lowest BCUT2D eigenvalue weighted by molar-refractivity contribution is 0.691.